The van der Waals surface area contributed by atoms with Gasteiger partial charge in [0, 0.05) is 23.6 Å². The van der Waals surface area contributed by atoms with E-state index in [1.54, 1.807) is 4.68 Å². The topological polar surface area (TPSA) is 61.3 Å². The van der Waals surface area contributed by atoms with Crippen molar-refractivity contribution in [1.82, 2.24) is 14.3 Å². The highest BCUT2D eigenvalue weighted by Gasteiger charge is 2.32. The second kappa shape index (κ2) is 7.19. The Morgan fingerprint density at radius 3 is 2.64 bits per heavy atom. The Balaban J connectivity index is 1.73. The van der Waals surface area contributed by atoms with Crippen LogP contribution in [0.25, 0.3) is 0 Å². The zero-order valence-corrected chi connectivity index (χ0v) is 16.7. The fourth-order valence-electron chi connectivity index (χ4n) is 3.22. The third-order valence-electron chi connectivity index (χ3n) is 4.51. The highest BCUT2D eigenvalue weighted by molar-refractivity contribution is 7.91. The number of nitrogens with zero attached hydrogens (tertiary/aromatic N) is 3. The van der Waals surface area contributed by atoms with Crippen molar-refractivity contribution in [3.8, 4) is 0 Å². The number of hydrogen-bond acceptors (Lipinski definition) is 4. The molecule has 0 aliphatic carbocycles. The lowest BCUT2D eigenvalue weighted by molar-refractivity contribution is -0.917. The number of nitrogens with one attached hydrogen (secondary N) is 1. The predicted molar refractivity (Wildman–Crippen MR) is 100 cm³/mol. The van der Waals surface area contributed by atoms with Crippen molar-refractivity contribution in [2.45, 2.75) is 25.6 Å². The Labute approximate surface area is 157 Å². The van der Waals surface area contributed by atoms with E-state index in [0.717, 1.165) is 17.4 Å². The van der Waals surface area contributed by atoms with E-state index in [1.165, 1.54) is 10.5 Å². The first-order valence-electron chi connectivity index (χ1n) is 8.15. The summed E-state index contributed by atoms with van der Waals surface area (Å²) in [5, 5.41) is 5.35. The Hall–Kier alpha value is -1.22. The van der Waals surface area contributed by atoms with E-state index in [-0.39, 0.29) is 17.4 Å². The number of halogens is 1. The van der Waals surface area contributed by atoms with E-state index in [4.69, 9.17) is 23.8 Å². The van der Waals surface area contributed by atoms with Crippen molar-refractivity contribution in [3.05, 3.63) is 45.4 Å². The summed E-state index contributed by atoms with van der Waals surface area (Å²) in [6, 6.07) is 7.79. The maximum absolute atomic E-state index is 11.7. The van der Waals surface area contributed by atoms with Crippen molar-refractivity contribution in [1.29, 1.82) is 0 Å². The predicted octanol–water partition coefficient (Wildman–Crippen LogP) is 1.18. The van der Waals surface area contributed by atoms with Crippen LogP contribution in [0.4, 0.5) is 0 Å². The van der Waals surface area contributed by atoms with Crippen molar-refractivity contribution >= 4 is 33.7 Å². The quantitative estimate of drug-likeness (QED) is 0.764. The van der Waals surface area contributed by atoms with Crippen LogP contribution in [-0.4, -0.2) is 41.3 Å². The van der Waals surface area contributed by atoms with Gasteiger partial charge in [0.1, 0.15) is 12.4 Å². The lowest BCUT2D eigenvalue weighted by Crippen LogP contribution is -3.07. The van der Waals surface area contributed by atoms with Gasteiger partial charge in [-0.1, -0.05) is 23.7 Å². The summed E-state index contributed by atoms with van der Waals surface area (Å²) in [7, 11) is 0.992. The Bertz CT molecular complexity index is 919. The van der Waals surface area contributed by atoms with E-state index < -0.39 is 9.84 Å². The maximum atomic E-state index is 11.7. The molecule has 1 aromatic carbocycles. The van der Waals surface area contributed by atoms with Crippen LogP contribution in [0, 0.1) is 4.77 Å². The largest absolute Gasteiger partial charge is 0.315 e. The molecular weight excluding hydrogens is 380 g/mol. The molecule has 0 amide bonds. The van der Waals surface area contributed by atoms with Crippen LogP contribution in [0.2, 0.25) is 5.02 Å². The van der Waals surface area contributed by atoms with Gasteiger partial charge in [-0.3, -0.25) is 0 Å². The molecule has 2 aromatic rings. The minimum absolute atomic E-state index is 0.0606. The van der Waals surface area contributed by atoms with Crippen LogP contribution in [0.15, 0.2) is 24.3 Å². The minimum atomic E-state index is -2.94. The van der Waals surface area contributed by atoms with Crippen LogP contribution >= 0.6 is 23.8 Å². The van der Waals surface area contributed by atoms with Crippen molar-refractivity contribution < 1.29 is 13.3 Å². The first-order chi connectivity index (χ1) is 11.7. The SMILES string of the molecule is Cn1c([C@@H]2CCS(=O)(=O)C2)nn(C[NH+](C)Cc2ccc(Cl)cc2)c1=S. The molecule has 3 rings (SSSR count). The highest BCUT2D eigenvalue weighted by Crippen LogP contribution is 2.27. The molecule has 25 heavy (non-hydrogen) atoms. The molecular formula is C16H22ClN4O2S2+. The monoisotopic (exact) mass is 401 g/mol. The maximum Gasteiger partial charge on any atom is 0.202 e. The molecule has 136 valence electrons. The molecule has 1 saturated heterocycles. The van der Waals surface area contributed by atoms with Gasteiger partial charge in [-0.05, 0) is 30.8 Å². The molecule has 6 nitrogen and oxygen atoms in total. The number of aromatic nitrogens is 3. The first-order valence-corrected chi connectivity index (χ1v) is 10.8. The van der Waals surface area contributed by atoms with Gasteiger partial charge in [-0.15, -0.1) is 0 Å². The lowest BCUT2D eigenvalue weighted by Gasteiger charge is -2.13. The summed E-state index contributed by atoms with van der Waals surface area (Å²) < 4.78 is 27.7. The standard InChI is InChI=1S/C16H21ClN4O2S2/c1-19(9-12-3-5-14(17)6-4-12)11-21-16(24)20(2)15(18-21)13-7-8-25(22,23)10-13/h3-6,13H,7-11H2,1-2H3/p+1/t13-/m1/s1. The smallest absolute Gasteiger partial charge is 0.202 e. The van der Waals surface area contributed by atoms with E-state index in [9.17, 15) is 8.42 Å². The summed E-state index contributed by atoms with van der Waals surface area (Å²) in [4.78, 5) is 1.22. The van der Waals surface area contributed by atoms with E-state index in [2.05, 4.69) is 12.1 Å². The molecule has 0 spiro atoms. The van der Waals surface area contributed by atoms with Crippen LogP contribution < -0.4 is 4.90 Å². The van der Waals surface area contributed by atoms with Gasteiger partial charge in [0.25, 0.3) is 0 Å². The second-order valence-corrected chi connectivity index (χ2v) is 9.75. The van der Waals surface area contributed by atoms with Crippen LogP contribution in [0.1, 0.15) is 23.7 Å². The minimum Gasteiger partial charge on any atom is -0.315 e. The number of rotatable bonds is 5. The fourth-order valence-corrected chi connectivity index (χ4v) is 5.29. The number of benzene rings is 1. The Morgan fingerprint density at radius 2 is 2.04 bits per heavy atom. The molecule has 2 atom stereocenters. The zero-order valence-electron chi connectivity index (χ0n) is 14.3. The molecule has 0 bridgehead atoms. The lowest BCUT2D eigenvalue weighted by atomic mass is 10.1. The third kappa shape index (κ3) is 4.31. The van der Waals surface area contributed by atoms with Gasteiger partial charge in [0.2, 0.25) is 4.77 Å². The average Bonchev–Trinajstić information content (AvgIpc) is 3.04. The van der Waals surface area contributed by atoms with E-state index in [0.29, 0.717) is 17.9 Å². The fraction of sp³-hybridized carbons (Fsp3) is 0.500. The molecule has 1 aliphatic heterocycles. The molecule has 0 saturated carbocycles. The summed E-state index contributed by atoms with van der Waals surface area (Å²) in [6.45, 7) is 1.44. The average molecular weight is 402 g/mol. The molecule has 1 aliphatic rings. The van der Waals surface area contributed by atoms with E-state index >= 15 is 0 Å². The number of sulfone groups is 1. The highest BCUT2D eigenvalue weighted by atomic mass is 35.5. The first kappa shape index (κ1) is 18.6. The van der Waals surface area contributed by atoms with Crippen molar-refractivity contribution in [3.63, 3.8) is 0 Å². The normalized spacial score (nSPS) is 20.7. The van der Waals surface area contributed by atoms with Gasteiger partial charge < -0.3 is 9.47 Å². The van der Waals surface area contributed by atoms with Gasteiger partial charge in [0.15, 0.2) is 16.5 Å². The van der Waals surface area contributed by atoms with Gasteiger partial charge in [-0.25, -0.2) is 8.42 Å². The number of quaternary nitrogens is 1. The van der Waals surface area contributed by atoms with Crippen LogP contribution in [-0.2, 0) is 30.1 Å². The molecule has 2 heterocycles. The summed E-state index contributed by atoms with van der Waals surface area (Å²) in [5.74, 6) is 1.11. The molecule has 0 radical (unpaired) electrons. The summed E-state index contributed by atoms with van der Waals surface area (Å²) in [5.41, 5.74) is 1.19. The van der Waals surface area contributed by atoms with Gasteiger partial charge >= 0.3 is 0 Å². The molecule has 9 heteroatoms. The van der Waals surface area contributed by atoms with Crippen molar-refractivity contribution in [2.75, 3.05) is 18.6 Å². The molecule has 1 fully saturated rings. The molecule has 1 N–H and O–H groups in total. The summed E-state index contributed by atoms with van der Waals surface area (Å²) in [6.07, 6.45) is 0.620. The second-order valence-electron chi connectivity index (χ2n) is 6.72. The number of hydrogen-bond donors (Lipinski definition) is 1. The molecule has 1 aromatic heterocycles. The van der Waals surface area contributed by atoms with Gasteiger partial charge in [0.05, 0.1) is 18.6 Å². The Morgan fingerprint density at radius 1 is 1.36 bits per heavy atom. The molecule has 1 unspecified atom stereocenters. The van der Waals surface area contributed by atoms with Crippen LogP contribution in [0.5, 0.6) is 0 Å². The van der Waals surface area contributed by atoms with Gasteiger partial charge in [-0.2, -0.15) is 9.78 Å². The zero-order chi connectivity index (χ0) is 18.2. The van der Waals surface area contributed by atoms with Crippen molar-refractivity contribution in [2.24, 2.45) is 7.05 Å². The summed E-state index contributed by atoms with van der Waals surface area (Å²) >= 11 is 11.4. The van der Waals surface area contributed by atoms with E-state index in [1.807, 2.05) is 35.9 Å². The Kier molecular flexibility index (Phi) is 5.34. The third-order valence-corrected chi connectivity index (χ3v) is 7.02. The van der Waals surface area contributed by atoms with Crippen LogP contribution in [0.3, 0.4) is 0 Å².